The van der Waals surface area contributed by atoms with Crippen LogP contribution in [0.3, 0.4) is 0 Å². The Bertz CT molecular complexity index is 1590. The number of H-pyrrole nitrogens is 1. The Labute approximate surface area is 270 Å². The van der Waals surface area contributed by atoms with Crippen LogP contribution in [0.25, 0.3) is 10.9 Å². The van der Waals surface area contributed by atoms with Gasteiger partial charge in [0.2, 0.25) is 11.8 Å². The van der Waals surface area contributed by atoms with Gasteiger partial charge in [-0.25, -0.2) is 10.9 Å². The maximum Gasteiger partial charge on any atom is 0.243 e. The van der Waals surface area contributed by atoms with Crippen LogP contribution in [-0.2, 0) is 33.9 Å². The summed E-state index contributed by atoms with van der Waals surface area (Å²) >= 11 is 14.4. The molecule has 2 heterocycles. The minimum absolute atomic E-state index is 0.0139. The SMILES string of the molecule is CCN(C(=O)[C@H](CN)NCON)[C@@H](Cc1c[nH]c2ccccc12)C(=O)NCc1cc(Cl)cc(Cl)c1Sc1ncccc1CN. The number of fused-ring (bicyclic) bond motifs is 1. The molecule has 4 aromatic rings. The third kappa shape index (κ3) is 8.09. The third-order valence-corrected chi connectivity index (χ3v) is 9.02. The minimum Gasteiger partial charge on any atom is -0.361 e. The molecule has 0 bridgehead atoms. The Morgan fingerprint density at radius 1 is 1.11 bits per heavy atom. The molecule has 0 fully saturated rings. The summed E-state index contributed by atoms with van der Waals surface area (Å²) in [6, 6.07) is 13.2. The summed E-state index contributed by atoms with van der Waals surface area (Å²) < 4.78 is 0. The maximum atomic E-state index is 14.0. The van der Waals surface area contributed by atoms with Crippen molar-refractivity contribution in [3.8, 4) is 0 Å². The predicted octanol–water partition coefficient (Wildman–Crippen LogP) is 3.32. The van der Waals surface area contributed by atoms with Crippen LogP contribution in [0.4, 0.5) is 0 Å². The van der Waals surface area contributed by atoms with E-state index in [9.17, 15) is 9.59 Å². The first-order valence-corrected chi connectivity index (χ1v) is 15.6. The smallest absolute Gasteiger partial charge is 0.243 e. The first-order valence-electron chi connectivity index (χ1n) is 14.0. The molecule has 0 radical (unpaired) electrons. The second-order valence-corrected chi connectivity index (χ2v) is 11.7. The zero-order chi connectivity index (χ0) is 31.6. The number of benzene rings is 2. The van der Waals surface area contributed by atoms with Crippen molar-refractivity contribution in [2.45, 2.75) is 48.4 Å². The molecule has 2 amide bonds. The molecular formula is C30H36Cl2N8O3S. The number of amides is 2. The molecule has 14 heteroatoms. The molecule has 4 rings (SSSR count). The zero-order valence-corrected chi connectivity index (χ0v) is 26.5. The van der Waals surface area contributed by atoms with Gasteiger partial charge in [0.15, 0.2) is 0 Å². The number of hydrogen-bond donors (Lipinski definition) is 6. The lowest BCUT2D eigenvalue weighted by molar-refractivity contribution is -0.142. The normalized spacial score (nSPS) is 12.7. The van der Waals surface area contributed by atoms with Gasteiger partial charge in [-0.2, -0.15) is 0 Å². The van der Waals surface area contributed by atoms with Crippen molar-refractivity contribution >= 4 is 57.7 Å². The zero-order valence-electron chi connectivity index (χ0n) is 24.2. The number of aromatic amines is 1. The van der Waals surface area contributed by atoms with Gasteiger partial charge in [0.05, 0.1) is 5.02 Å². The van der Waals surface area contributed by atoms with Gasteiger partial charge in [-0.15, -0.1) is 0 Å². The molecule has 2 atom stereocenters. The number of carbonyl (C=O) groups is 2. The topological polar surface area (TPSA) is 177 Å². The molecule has 0 spiro atoms. The molecule has 0 unspecified atom stereocenters. The van der Waals surface area contributed by atoms with Gasteiger partial charge in [0, 0.05) is 65.8 Å². The van der Waals surface area contributed by atoms with E-state index in [0.717, 1.165) is 22.0 Å². The van der Waals surface area contributed by atoms with Crippen LogP contribution in [0.2, 0.25) is 10.0 Å². The van der Waals surface area contributed by atoms with Crippen molar-refractivity contribution in [3.63, 3.8) is 0 Å². The van der Waals surface area contributed by atoms with E-state index in [1.54, 1.807) is 18.3 Å². The highest BCUT2D eigenvalue weighted by atomic mass is 35.5. The minimum atomic E-state index is -0.869. The van der Waals surface area contributed by atoms with E-state index in [1.807, 2.05) is 49.5 Å². The van der Waals surface area contributed by atoms with E-state index in [2.05, 4.69) is 25.4 Å². The molecular weight excluding hydrogens is 623 g/mol. The van der Waals surface area contributed by atoms with Gasteiger partial charge in [0.1, 0.15) is 23.8 Å². The number of rotatable bonds is 15. The number of nitrogens with two attached hydrogens (primary N) is 3. The van der Waals surface area contributed by atoms with E-state index in [0.29, 0.717) is 32.1 Å². The number of nitrogens with one attached hydrogen (secondary N) is 3. The number of halogens is 2. The van der Waals surface area contributed by atoms with Crippen LogP contribution in [0, 0.1) is 0 Å². The van der Waals surface area contributed by atoms with Crippen LogP contribution < -0.4 is 28.0 Å². The summed E-state index contributed by atoms with van der Waals surface area (Å²) in [6.45, 7) is 2.38. The number of nitrogens with zero attached hydrogens (tertiary/aromatic N) is 2. The molecule has 2 aromatic heterocycles. The van der Waals surface area contributed by atoms with E-state index in [1.165, 1.54) is 16.7 Å². The van der Waals surface area contributed by atoms with Gasteiger partial charge in [-0.05, 0) is 47.9 Å². The fourth-order valence-electron chi connectivity index (χ4n) is 4.93. The van der Waals surface area contributed by atoms with Crippen LogP contribution in [0.1, 0.15) is 23.6 Å². The highest BCUT2D eigenvalue weighted by Crippen LogP contribution is 2.38. The summed E-state index contributed by atoms with van der Waals surface area (Å²) in [6.07, 6.45) is 3.80. The Kier molecular flexibility index (Phi) is 12.4. The first-order chi connectivity index (χ1) is 21.3. The van der Waals surface area contributed by atoms with Gasteiger partial charge >= 0.3 is 0 Å². The fourth-order valence-corrected chi connectivity index (χ4v) is 6.59. The van der Waals surface area contributed by atoms with Gasteiger partial charge in [-0.3, -0.25) is 19.7 Å². The highest BCUT2D eigenvalue weighted by Gasteiger charge is 2.33. The van der Waals surface area contributed by atoms with Crippen molar-refractivity contribution in [3.05, 3.63) is 87.7 Å². The first kappa shape index (κ1) is 33.7. The number of pyridine rings is 1. The van der Waals surface area contributed by atoms with E-state index >= 15 is 0 Å². The molecule has 11 nitrogen and oxygen atoms in total. The molecule has 0 aliphatic heterocycles. The standard InChI is InChI=1S/C30H36Cl2N8O3S/c1-2-40(30(42)25(14-34)39-17-43-35)26(11-19-15-37-24-8-4-3-7-22(19)24)28(41)38-16-20-10-21(31)12-23(32)27(20)44-29-18(13-33)6-5-9-36-29/h3-10,12,15,25-26,37,39H,2,11,13-14,16-17,33-35H2,1H3,(H,38,41)/t25-,26-/m0/s1. The van der Waals surface area contributed by atoms with Crippen LogP contribution >= 0.6 is 35.0 Å². The number of carbonyl (C=O) groups excluding carboxylic acids is 2. The lowest BCUT2D eigenvalue weighted by Gasteiger charge is -2.33. The van der Waals surface area contributed by atoms with E-state index < -0.39 is 12.1 Å². The number of para-hydroxylation sites is 1. The Hall–Kier alpha value is -3.20. The predicted molar refractivity (Wildman–Crippen MR) is 174 cm³/mol. The average molecular weight is 660 g/mol. The van der Waals surface area contributed by atoms with Gasteiger partial charge in [0.25, 0.3) is 0 Å². The highest BCUT2D eigenvalue weighted by molar-refractivity contribution is 7.99. The van der Waals surface area contributed by atoms with E-state index in [-0.39, 0.29) is 44.6 Å². The van der Waals surface area contributed by atoms with E-state index in [4.69, 9.17) is 40.6 Å². The maximum absolute atomic E-state index is 14.0. The summed E-state index contributed by atoms with van der Waals surface area (Å²) in [4.78, 5) is 42.2. The fraction of sp³-hybridized carbons (Fsp3) is 0.300. The molecule has 0 saturated carbocycles. The Morgan fingerprint density at radius 3 is 2.64 bits per heavy atom. The molecule has 9 N–H and O–H groups in total. The quantitative estimate of drug-likeness (QED) is 0.0826. The van der Waals surface area contributed by atoms with Crippen LogP contribution in [0.15, 0.2) is 70.8 Å². The summed E-state index contributed by atoms with van der Waals surface area (Å²) in [5.41, 5.74) is 15.2. The van der Waals surface area contributed by atoms with Crippen LogP contribution in [-0.4, -0.2) is 58.6 Å². The Balaban J connectivity index is 1.64. The molecule has 0 saturated heterocycles. The summed E-state index contributed by atoms with van der Waals surface area (Å²) in [5, 5.41) is 8.40. The van der Waals surface area contributed by atoms with Crippen LogP contribution in [0.5, 0.6) is 0 Å². The summed E-state index contributed by atoms with van der Waals surface area (Å²) in [5.74, 6) is 4.45. The summed E-state index contributed by atoms with van der Waals surface area (Å²) in [7, 11) is 0. The van der Waals surface area contributed by atoms with Crippen molar-refractivity contribution in [2.75, 3.05) is 19.8 Å². The lowest BCUT2D eigenvalue weighted by atomic mass is 10.0. The van der Waals surface area contributed by atoms with Gasteiger partial charge in [-0.1, -0.05) is 59.2 Å². The second kappa shape index (κ2) is 16.2. The molecule has 0 aliphatic rings. The van der Waals surface area contributed by atoms with Crippen molar-refractivity contribution < 1.29 is 14.4 Å². The molecule has 2 aromatic carbocycles. The largest absolute Gasteiger partial charge is 0.361 e. The third-order valence-electron chi connectivity index (χ3n) is 7.14. The van der Waals surface area contributed by atoms with Crippen molar-refractivity contribution in [1.82, 2.24) is 25.5 Å². The Morgan fingerprint density at radius 2 is 1.91 bits per heavy atom. The second-order valence-electron chi connectivity index (χ2n) is 9.87. The monoisotopic (exact) mass is 658 g/mol. The molecule has 0 aliphatic carbocycles. The lowest BCUT2D eigenvalue weighted by Crippen LogP contribution is -2.57. The van der Waals surface area contributed by atoms with Crippen molar-refractivity contribution in [1.29, 1.82) is 0 Å². The molecule has 44 heavy (non-hydrogen) atoms. The van der Waals surface area contributed by atoms with Crippen molar-refractivity contribution in [2.24, 2.45) is 17.4 Å². The average Bonchev–Trinajstić information content (AvgIpc) is 3.44. The van der Waals surface area contributed by atoms with Gasteiger partial charge < -0.3 is 26.7 Å². The number of likely N-dealkylation sites (N-methyl/N-ethyl adjacent to an activating group) is 1. The number of aromatic nitrogens is 2. The molecule has 234 valence electrons. The number of hydrogen-bond acceptors (Lipinski definition) is 9.